The van der Waals surface area contributed by atoms with Crippen molar-refractivity contribution in [3.63, 3.8) is 0 Å². The van der Waals surface area contributed by atoms with Crippen LogP contribution in [0.25, 0.3) is 0 Å². The maximum atomic E-state index is 8.54. The summed E-state index contributed by atoms with van der Waals surface area (Å²) in [6.45, 7) is 2.71. The molecule has 0 aromatic rings. The minimum absolute atomic E-state index is 0.192. The Hall–Kier alpha value is -0.160. The first-order valence-corrected chi connectivity index (χ1v) is 5.44. The molecule has 0 radical (unpaired) electrons. The molecule has 14 heavy (non-hydrogen) atoms. The highest BCUT2D eigenvalue weighted by molar-refractivity contribution is 4.54. The van der Waals surface area contributed by atoms with Gasteiger partial charge in [0.05, 0.1) is 6.54 Å². The predicted molar refractivity (Wildman–Crippen MR) is 55.6 cm³/mol. The summed E-state index contributed by atoms with van der Waals surface area (Å²) >= 11 is 0. The smallest absolute Gasteiger partial charge is 0.288 e. The summed E-state index contributed by atoms with van der Waals surface area (Å²) in [6.07, 6.45) is 7.22. The molecule has 0 fully saturated rings. The minimum atomic E-state index is -2.57. The van der Waals surface area contributed by atoms with Gasteiger partial charge >= 0.3 is 0 Å². The molecular weight excluding hydrogens is 182 g/mol. The van der Waals surface area contributed by atoms with E-state index in [4.69, 9.17) is 15.3 Å². The Labute approximate surface area is 86.0 Å². The lowest BCUT2D eigenvalue weighted by Gasteiger charge is -2.14. The summed E-state index contributed by atoms with van der Waals surface area (Å²) in [5.74, 6) is -2.57. The number of hydrogen-bond donors (Lipinski definition) is 4. The van der Waals surface area contributed by atoms with E-state index in [9.17, 15) is 0 Å². The molecule has 0 amide bonds. The van der Waals surface area contributed by atoms with Gasteiger partial charge in [-0.05, 0) is 13.0 Å². The van der Waals surface area contributed by atoms with Crippen molar-refractivity contribution >= 4 is 0 Å². The molecule has 0 saturated heterocycles. The highest BCUT2D eigenvalue weighted by atomic mass is 16.7. The van der Waals surface area contributed by atoms with Gasteiger partial charge in [0, 0.05) is 0 Å². The van der Waals surface area contributed by atoms with Crippen LogP contribution in [0.4, 0.5) is 0 Å². The lowest BCUT2D eigenvalue weighted by molar-refractivity contribution is -0.306. The van der Waals surface area contributed by atoms with E-state index in [0.29, 0.717) is 0 Å². The van der Waals surface area contributed by atoms with Crippen molar-refractivity contribution < 1.29 is 15.3 Å². The van der Waals surface area contributed by atoms with Crippen LogP contribution >= 0.6 is 0 Å². The summed E-state index contributed by atoms with van der Waals surface area (Å²) < 4.78 is 0. The molecule has 0 aliphatic rings. The van der Waals surface area contributed by atoms with E-state index in [1.54, 1.807) is 0 Å². The second-order valence-corrected chi connectivity index (χ2v) is 3.72. The third-order valence-electron chi connectivity index (χ3n) is 2.07. The fourth-order valence-corrected chi connectivity index (χ4v) is 1.29. The molecule has 0 bridgehead atoms. The number of aliphatic hydroxyl groups is 3. The Morgan fingerprint density at radius 3 is 2.07 bits per heavy atom. The predicted octanol–water partition coefficient (Wildman–Crippen LogP) is 0.567. The summed E-state index contributed by atoms with van der Waals surface area (Å²) in [6, 6.07) is 0. The van der Waals surface area contributed by atoms with Crippen molar-refractivity contribution in [2.45, 2.75) is 51.4 Å². The largest absolute Gasteiger partial charge is 0.343 e. The van der Waals surface area contributed by atoms with Crippen LogP contribution in [0.15, 0.2) is 0 Å². The fourth-order valence-electron chi connectivity index (χ4n) is 1.29. The SMILES string of the molecule is CCCCCCCCNCC(O)(O)O. The lowest BCUT2D eigenvalue weighted by Crippen LogP contribution is -2.40. The molecular formula is C10H23NO3. The molecule has 0 atom stereocenters. The summed E-state index contributed by atoms with van der Waals surface area (Å²) in [7, 11) is 0. The van der Waals surface area contributed by atoms with Gasteiger partial charge in [-0.2, -0.15) is 0 Å². The van der Waals surface area contributed by atoms with Gasteiger partial charge < -0.3 is 20.6 Å². The zero-order valence-electron chi connectivity index (χ0n) is 9.00. The van der Waals surface area contributed by atoms with Crippen LogP contribution in [0.2, 0.25) is 0 Å². The first kappa shape index (κ1) is 13.8. The maximum absolute atomic E-state index is 8.54. The Morgan fingerprint density at radius 1 is 0.929 bits per heavy atom. The summed E-state index contributed by atoms with van der Waals surface area (Å²) in [5, 5.41) is 28.4. The van der Waals surface area contributed by atoms with Gasteiger partial charge in [0.15, 0.2) is 0 Å². The van der Waals surface area contributed by atoms with Crippen molar-refractivity contribution in [1.82, 2.24) is 5.32 Å². The molecule has 0 spiro atoms. The van der Waals surface area contributed by atoms with Crippen LogP contribution in [0.3, 0.4) is 0 Å². The highest BCUT2D eigenvalue weighted by Crippen LogP contribution is 2.04. The first-order chi connectivity index (χ1) is 6.56. The quantitative estimate of drug-likeness (QED) is 0.328. The van der Waals surface area contributed by atoms with Gasteiger partial charge in [0.1, 0.15) is 0 Å². The van der Waals surface area contributed by atoms with Crippen molar-refractivity contribution in [2.75, 3.05) is 13.1 Å². The van der Waals surface area contributed by atoms with Crippen LogP contribution in [-0.4, -0.2) is 34.4 Å². The standard InChI is InChI=1S/C10H23NO3/c1-2-3-4-5-6-7-8-11-9-10(12,13)14/h11-14H,2-9H2,1H3. The average Bonchev–Trinajstić information content (AvgIpc) is 2.08. The second kappa shape index (κ2) is 8.17. The Kier molecular flexibility index (Phi) is 8.08. The molecule has 0 aromatic heterocycles. The first-order valence-electron chi connectivity index (χ1n) is 5.44. The normalized spacial score (nSPS) is 12.0. The van der Waals surface area contributed by atoms with Gasteiger partial charge in [-0.25, -0.2) is 0 Å². The maximum Gasteiger partial charge on any atom is 0.288 e. The molecule has 0 aromatic carbocycles. The Balaban J connectivity index is 2.99. The molecule has 4 heteroatoms. The molecule has 0 aliphatic heterocycles. The molecule has 0 aliphatic carbocycles. The van der Waals surface area contributed by atoms with E-state index in [1.165, 1.54) is 25.7 Å². The number of rotatable bonds is 9. The third-order valence-corrected chi connectivity index (χ3v) is 2.07. The second-order valence-electron chi connectivity index (χ2n) is 3.72. The third kappa shape index (κ3) is 11.8. The molecule has 4 N–H and O–H groups in total. The monoisotopic (exact) mass is 205 g/mol. The van der Waals surface area contributed by atoms with Gasteiger partial charge in [0.2, 0.25) is 0 Å². The van der Waals surface area contributed by atoms with Crippen molar-refractivity contribution in [3.05, 3.63) is 0 Å². The van der Waals surface area contributed by atoms with Crippen LogP contribution in [0.1, 0.15) is 45.4 Å². The van der Waals surface area contributed by atoms with Crippen molar-refractivity contribution in [1.29, 1.82) is 0 Å². The Morgan fingerprint density at radius 2 is 1.50 bits per heavy atom. The summed E-state index contributed by atoms with van der Waals surface area (Å²) in [4.78, 5) is 0. The van der Waals surface area contributed by atoms with E-state index in [0.717, 1.165) is 19.4 Å². The van der Waals surface area contributed by atoms with E-state index >= 15 is 0 Å². The summed E-state index contributed by atoms with van der Waals surface area (Å²) in [5.41, 5.74) is 0. The molecule has 4 nitrogen and oxygen atoms in total. The number of unbranched alkanes of at least 4 members (excludes halogenated alkanes) is 5. The van der Waals surface area contributed by atoms with E-state index in [2.05, 4.69) is 12.2 Å². The van der Waals surface area contributed by atoms with Gasteiger partial charge in [-0.1, -0.05) is 39.0 Å². The number of hydrogen-bond acceptors (Lipinski definition) is 4. The van der Waals surface area contributed by atoms with Gasteiger partial charge in [-0.15, -0.1) is 0 Å². The molecule has 0 rings (SSSR count). The van der Waals surface area contributed by atoms with Gasteiger partial charge in [0.25, 0.3) is 5.97 Å². The fraction of sp³-hybridized carbons (Fsp3) is 1.00. The minimum Gasteiger partial charge on any atom is -0.343 e. The van der Waals surface area contributed by atoms with E-state index in [1.807, 2.05) is 0 Å². The average molecular weight is 205 g/mol. The number of nitrogens with one attached hydrogen (secondary N) is 1. The Bertz CT molecular complexity index is 123. The molecule has 0 unspecified atom stereocenters. The molecule has 86 valence electrons. The zero-order chi connectivity index (χ0) is 10.9. The molecule has 0 saturated carbocycles. The van der Waals surface area contributed by atoms with E-state index < -0.39 is 5.97 Å². The topological polar surface area (TPSA) is 72.7 Å². The highest BCUT2D eigenvalue weighted by Gasteiger charge is 2.15. The van der Waals surface area contributed by atoms with Crippen molar-refractivity contribution in [3.8, 4) is 0 Å². The van der Waals surface area contributed by atoms with E-state index in [-0.39, 0.29) is 6.54 Å². The van der Waals surface area contributed by atoms with Crippen LogP contribution in [0.5, 0.6) is 0 Å². The van der Waals surface area contributed by atoms with Gasteiger partial charge in [-0.3, -0.25) is 0 Å². The van der Waals surface area contributed by atoms with Crippen LogP contribution in [0, 0.1) is 0 Å². The lowest BCUT2D eigenvalue weighted by atomic mass is 10.1. The van der Waals surface area contributed by atoms with Crippen LogP contribution in [-0.2, 0) is 0 Å². The van der Waals surface area contributed by atoms with Crippen LogP contribution < -0.4 is 5.32 Å². The van der Waals surface area contributed by atoms with Crippen molar-refractivity contribution in [2.24, 2.45) is 0 Å². The zero-order valence-corrected chi connectivity index (χ0v) is 9.00. The molecule has 0 heterocycles.